The summed E-state index contributed by atoms with van der Waals surface area (Å²) in [5.41, 5.74) is 8.56. The van der Waals surface area contributed by atoms with E-state index in [2.05, 4.69) is 60.4 Å². The molecule has 3 N–H and O–H groups in total. The predicted molar refractivity (Wildman–Crippen MR) is 85.5 cm³/mol. The molecule has 2 rings (SSSR count). The highest BCUT2D eigenvalue weighted by Crippen LogP contribution is 2.21. The highest BCUT2D eigenvalue weighted by Gasteiger charge is 2.13. The zero-order valence-corrected chi connectivity index (χ0v) is 11.7. The van der Waals surface area contributed by atoms with E-state index in [0.717, 1.165) is 13.0 Å². The van der Waals surface area contributed by atoms with Gasteiger partial charge in [0.1, 0.15) is 0 Å². The third-order valence-electron chi connectivity index (χ3n) is 3.32. The summed E-state index contributed by atoms with van der Waals surface area (Å²) in [4.78, 5) is 0. The molecule has 0 saturated carbocycles. The highest BCUT2D eigenvalue weighted by molar-refractivity contribution is 5.31. The first-order chi connectivity index (χ1) is 9.81. The molecule has 0 unspecified atom stereocenters. The molecule has 20 heavy (non-hydrogen) atoms. The van der Waals surface area contributed by atoms with Gasteiger partial charge in [0.15, 0.2) is 0 Å². The Morgan fingerprint density at radius 3 is 1.90 bits per heavy atom. The van der Waals surface area contributed by atoms with Crippen molar-refractivity contribution in [1.29, 1.82) is 0 Å². The van der Waals surface area contributed by atoms with E-state index in [1.165, 1.54) is 11.1 Å². The molecule has 0 aromatic heterocycles. The van der Waals surface area contributed by atoms with Crippen molar-refractivity contribution < 1.29 is 0 Å². The number of hydrogen-bond acceptors (Lipinski definition) is 2. The van der Waals surface area contributed by atoms with Crippen molar-refractivity contribution in [1.82, 2.24) is 5.32 Å². The fourth-order valence-electron chi connectivity index (χ4n) is 2.29. The van der Waals surface area contributed by atoms with E-state index >= 15 is 0 Å². The van der Waals surface area contributed by atoms with Gasteiger partial charge in [0, 0.05) is 12.6 Å². The second-order valence-electron chi connectivity index (χ2n) is 4.95. The maximum Gasteiger partial charge on any atom is 0.0577 e. The first-order valence-corrected chi connectivity index (χ1v) is 7.01. The second-order valence-corrected chi connectivity index (χ2v) is 4.95. The van der Waals surface area contributed by atoms with Gasteiger partial charge in [-0.15, -0.1) is 6.58 Å². The molecule has 0 aliphatic carbocycles. The molecule has 1 atom stereocenters. The Balaban J connectivity index is 2.15. The molecule has 0 amide bonds. The van der Waals surface area contributed by atoms with Gasteiger partial charge in [0.25, 0.3) is 0 Å². The van der Waals surface area contributed by atoms with Crippen molar-refractivity contribution in [3.63, 3.8) is 0 Å². The Morgan fingerprint density at radius 1 is 0.950 bits per heavy atom. The Labute approximate surface area is 121 Å². The average Bonchev–Trinajstić information content (AvgIpc) is 2.50. The van der Waals surface area contributed by atoms with E-state index in [0.29, 0.717) is 0 Å². The van der Waals surface area contributed by atoms with Crippen molar-refractivity contribution in [2.75, 3.05) is 6.54 Å². The van der Waals surface area contributed by atoms with Gasteiger partial charge < -0.3 is 11.1 Å². The number of benzene rings is 2. The van der Waals surface area contributed by atoms with Crippen molar-refractivity contribution in [3.05, 3.63) is 84.4 Å². The second kappa shape index (κ2) is 7.63. The summed E-state index contributed by atoms with van der Waals surface area (Å²) >= 11 is 0. The molecule has 2 heteroatoms. The third-order valence-corrected chi connectivity index (χ3v) is 3.32. The number of nitrogens with one attached hydrogen (secondary N) is 1. The van der Waals surface area contributed by atoms with E-state index in [-0.39, 0.29) is 12.1 Å². The van der Waals surface area contributed by atoms with E-state index < -0.39 is 0 Å². The Kier molecular flexibility index (Phi) is 5.54. The van der Waals surface area contributed by atoms with E-state index in [1.54, 1.807) is 0 Å². The first-order valence-electron chi connectivity index (χ1n) is 7.01. The summed E-state index contributed by atoms with van der Waals surface area (Å²) in [6.07, 6.45) is 2.69. The van der Waals surface area contributed by atoms with Crippen LogP contribution in [0.1, 0.15) is 23.6 Å². The van der Waals surface area contributed by atoms with Crippen molar-refractivity contribution in [2.45, 2.75) is 18.5 Å². The fourth-order valence-corrected chi connectivity index (χ4v) is 2.29. The summed E-state index contributed by atoms with van der Waals surface area (Å²) in [5.74, 6) is 0. The maximum atomic E-state index is 6.05. The van der Waals surface area contributed by atoms with E-state index in [1.807, 2.05) is 18.2 Å². The lowest BCUT2D eigenvalue weighted by Gasteiger charge is -2.22. The van der Waals surface area contributed by atoms with Crippen LogP contribution in [-0.2, 0) is 0 Å². The van der Waals surface area contributed by atoms with Gasteiger partial charge in [-0.05, 0) is 17.5 Å². The first kappa shape index (κ1) is 14.5. The molecule has 0 fully saturated rings. The lowest BCUT2D eigenvalue weighted by atomic mass is 9.98. The minimum absolute atomic E-state index is 0.0995. The van der Waals surface area contributed by atoms with Gasteiger partial charge in [-0.3, -0.25) is 0 Å². The lowest BCUT2D eigenvalue weighted by molar-refractivity contribution is 0.536. The Bertz CT molecular complexity index is 468. The summed E-state index contributed by atoms with van der Waals surface area (Å²) in [6, 6.07) is 21.2. The number of nitrogens with two attached hydrogens (primary N) is 1. The smallest absolute Gasteiger partial charge is 0.0577 e. The maximum absolute atomic E-state index is 6.05. The monoisotopic (exact) mass is 266 g/mol. The van der Waals surface area contributed by atoms with Crippen molar-refractivity contribution in [2.24, 2.45) is 5.73 Å². The Morgan fingerprint density at radius 2 is 1.45 bits per heavy atom. The topological polar surface area (TPSA) is 38.0 Å². The van der Waals surface area contributed by atoms with Crippen LogP contribution in [0, 0.1) is 0 Å². The minimum atomic E-state index is 0.0995. The van der Waals surface area contributed by atoms with Crippen LogP contribution >= 0.6 is 0 Å². The van der Waals surface area contributed by atoms with Crippen LogP contribution in [0.25, 0.3) is 0 Å². The SMILES string of the molecule is C=CC[C@@H](N)CNC(c1ccccc1)c1ccccc1. The van der Waals surface area contributed by atoms with Crippen molar-refractivity contribution in [3.8, 4) is 0 Å². The van der Waals surface area contributed by atoms with E-state index in [9.17, 15) is 0 Å². The van der Waals surface area contributed by atoms with Crippen LogP contribution < -0.4 is 11.1 Å². The normalized spacial score (nSPS) is 12.3. The van der Waals surface area contributed by atoms with E-state index in [4.69, 9.17) is 5.73 Å². The third kappa shape index (κ3) is 4.05. The molecule has 0 aliphatic heterocycles. The Hall–Kier alpha value is -1.90. The molecule has 0 saturated heterocycles. The molecule has 2 nitrogen and oxygen atoms in total. The molecule has 0 heterocycles. The summed E-state index contributed by atoms with van der Waals surface area (Å²) in [6.45, 7) is 4.50. The van der Waals surface area contributed by atoms with Crippen LogP contribution in [0.5, 0.6) is 0 Å². The summed E-state index contributed by atoms with van der Waals surface area (Å²) in [7, 11) is 0. The molecule has 0 radical (unpaired) electrons. The van der Waals surface area contributed by atoms with Crippen LogP contribution in [0.15, 0.2) is 73.3 Å². The predicted octanol–water partition coefficient (Wildman–Crippen LogP) is 3.27. The van der Waals surface area contributed by atoms with Gasteiger partial charge in [-0.2, -0.15) is 0 Å². The number of rotatable bonds is 7. The molecular weight excluding hydrogens is 244 g/mol. The molecule has 0 aliphatic rings. The van der Waals surface area contributed by atoms with Crippen LogP contribution in [0.2, 0.25) is 0 Å². The molecule has 0 bridgehead atoms. The van der Waals surface area contributed by atoms with Gasteiger partial charge >= 0.3 is 0 Å². The minimum Gasteiger partial charge on any atom is -0.326 e. The van der Waals surface area contributed by atoms with Crippen LogP contribution in [-0.4, -0.2) is 12.6 Å². The fraction of sp³-hybridized carbons (Fsp3) is 0.222. The van der Waals surface area contributed by atoms with Gasteiger partial charge in [0.05, 0.1) is 6.04 Å². The molecule has 104 valence electrons. The van der Waals surface area contributed by atoms with Gasteiger partial charge in [-0.1, -0.05) is 66.7 Å². The average molecular weight is 266 g/mol. The summed E-state index contributed by atoms with van der Waals surface area (Å²) in [5, 5.41) is 3.56. The largest absolute Gasteiger partial charge is 0.326 e. The van der Waals surface area contributed by atoms with Gasteiger partial charge in [0.2, 0.25) is 0 Å². The number of hydrogen-bond donors (Lipinski definition) is 2. The quantitative estimate of drug-likeness (QED) is 0.755. The zero-order chi connectivity index (χ0) is 14.2. The highest BCUT2D eigenvalue weighted by atomic mass is 14.9. The van der Waals surface area contributed by atoms with Crippen molar-refractivity contribution >= 4 is 0 Å². The summed E-state index contributed by atoms with van der Waals surface area (Å²) < 4.78 is 0. The van der Waals surface area contributed by atoms with Gasteiger partial charge in [-0.25, -0.2) is 0 Å². The standard InChI is InChI=1S/C18H22N2/c1-2-9-17(19)14-20-18(15-10-5-3-6-11-15)16-12-7-4-8-13-16/h2-8,10-13,17-18,20H,1,9,14,19H2/t17-/m1/s1. The molecule has 0 spiro atoms. The zero-order valence-electron chi connectivity index (χ0n) is 11.7. The molecule has 2 aromatic carbocycles. The van der Waals surface area contributed by atoms with Crippen LogP contribution in [0.3, 0.4) is 0 Å². The molecular formula is C18H22N2. The van der Waals surface area contributed by atoms with Crippen LogP contribution in [0.4, 0.5) is 0 Å². The molecule has 2 aromatic rings. The lowest BCUT2D eigenvalue weighted by Crippen LogP contribution is -2.36.